The number of hydrazone groups is 1. The summed E-state index contributed by atoms with van der Waals surface area (Å²) in [5, 5.41) is 4.13. The zero-order valence-corrected chi connectivity index (χ0v) is 11.1. The number of nitrogens with zero attached hydrogens (tertiary/aromatic N) is 1. The molecule has 1 aromatic carbocycles. The number of amidine groups is 1. The van der Waals surface area contributed by atoms with E-state index < -0.39 is 6.61 Å². The molecule has 0 fully saturated rings. The summed E-state index contributed by atoms with van der Waals surface area (Å²) in [6.07, 6.45) is 6.18. The molecule has 2 N–H and O–H groups in total. The molecular formula is C14H18F2N3O+. The Bertz CT molecular complexity index is 472. The second kappa shape index (κ2) is 7.57. The molecule has 1 aliphatic heterocycles. The summed E-state index contributed by atoms with van der Waals surface area (Å²) in [6.45, 7) is -1.83. The quantitative estimate of drug-likeness (QED) is 0.645. The van der Waals surface area contributed by atoms with Crippen LogP contribution in [0, 0.1) is 0 Å². The minimum absolute atomic E-state index is 0.143. The molecule has 1 heterocycles. The Hall–Kier alpha value is -1.98. The normalized spacial score (nSPS) is 16.1. The lowest BCUT2D eigenvalue weighted by molar-refractivity contribution is -0.459. The number of halogens is 2. The Morgan fingerprint density at radius 3 is 2.75 bits per heavy atom. The fraction of sp³-hybridized carbons (Fsp3) is 0.429. The van der Waals surface area contributed by atoms with E-state index in [9.17, 15) is 8.78 Å². The third-order valence-corrected chi connectivity index (χ3v) is 2.96. The van der Waals surface area contributed by atoms with Gasteiger partial charge in [0.25, 0.3) is 5.84 Å². The SMILES string of the molecule is FC(F)Oc1ccc(/C=N/NC2=[NH+]CCCCC2)cc1. The molecule has 0 unspecified atom stereocenters. The van der Waals surface area contributed by atoms with Gasteiger partial charge in [0, 0.05) is 0 Å². The van der Waals surface area contributed by atoms with Crippen molar-refractivity contribution in [3.63, 3.8) is 0 Å². The predicted octanol–water partition coefficient (Wildman–Crippen LogP) is 1.26. The van der Waals surface area contributed by atoms with Gasteiger partial charge in [-0.2, -0.15) is 14.2 Å². The number of alkyl halides is 2. The van der Waals surface area contributed by atoms with Crippen LogP contribution in [0.25, 0.3) is 0 Å². The number of ether oxygens (including phenoxy) is 1. The van der Waals surface area contributed by atoms with Crippen LogP contribution >= 0.6 is 0 Å². The van der Waals surface area contributed by atoms with E-state index in [1.54, 1.807) is 18.3 Å². The van der Waals surface area contributed by atoms with Gasteiger partial charge in [-0.25, -0.2) is 0 Å². The van der Waals surface area contributed by atoms with E-state index in [1.165, 1.54) is 25.0 Å². The zero-order valence-electron chi connectivity index (χ0n) is 11.1. The van der Waals surface area contributed by atoms with Crippen molar-refractivity contribution in [1.29, 1.82) is 0 Å². The lowest BCUT2D eigenvalue weighted by Crippen LogP contribution is -2.75. The van der Waals surface area contributed by atoms with Gasteiger partial charge in [-0.05, 0) is 49.1 Å². The number of benzene rings is 1. The van der Waals surface area contributed by atoms with Crippen molar-refractivity contribution in [2.24, 2.45) is 5.10 Å². The molecular weight excluding hydrogens is 264 g/mol. The van der Waals surface area contributed by atoms with Crippen molar-refractivity contribution in [1.82, 2.24) is 5.43 Å². The third kappa shape index (κ3) is 4.95. The number of hydrogen-bond donors (Lipinski definition) is 2. The van der Waals surface area contributed by atoms with Crippen LogP contribution in [0.15, 0.2) is 29.4 Å². The molecule has 0 spiro atoms. The highest BCUT2D eigenvalue weighted by atomic mass is 19.3. The van der Waals surface area contributed by atoms with Gasteiger partial charge in [0.15, 0.2) is 0 Å². The number of rotatable bonds is 4. The fourth-order valence-corrected chi connectivity index (χ4v) is 1.95. The molecule has 20 heavy (non-hydrogen) atoms. The van der Waals surface area contributed by atoms with Gasteiger partial charge in [0.2, 0.25) is 0 Å². The first-order chi connectivity index (χ1) is 9.74. The van der Waals surface area contributed by atoms with E-state index in [0.29, 0.717) is 0 Å². The molecule has 108 valence electrons. The van der Waals surface area contributed by atoms with Crippen LogP contribution in [0.3, 0.4) is 0 Å². The van der Waals surface area contributed by atoms with E-state index in [1.807, 2.05) is 0 Å². The maximum atomic E-state index is 12.0. The van der Waals surface area contributed by atoms with Gasteiger partial charge in [-0.15, -0.1) is 0 Å². The molecule has 1 aliphatic rings. The van der Waals surface area contributed by atoms with Gasteiger partial charge < -0.3 is 4.74 Å². The van der Waals surface area contributed by atoms with Gasteiger partial charge in [0.1, 0.15) is 5.75 Å². The van der Waals surface area contributed by atoms with Crippen LogP contribution in [0.5, 0.6) is 5.75 Å². The molecule has 0 aliphatic carbocycles. The highest BCUT2D eigenvalue weighted by molar-refractivity contribution is 5.82. The van der Waals surface area contributed by atoms with Crippen LogP contribution in [0.1, 0.15) is 31.2 Å². The molecule has 0 atom stereocenters. The van der Waals surface area contributed by atoms with Crippen molar-refractivity contribution >= 4 is 12.1 Å². The van der Waals surface area contributed by atoms with Gasteiger partial charge >= 0.3 is 6.61 Å². The number of hydrogen-bond acceptors (Lipinski definition) is 3. The molecule has 2 rings (SSSR count). The lowest BCUT2D eigenvalue weighted by Gasteiger charge is -2.03. The Labute approximate surface area is 116 Å². The number of nitrogens with one attached hydrogen (secondary N) is 2. The molecule has 4 nitrogen and oxygen atoms in total. The van der Waals surface area contributed by atoms with Crippen LogP contribution in [0.2, 0.25) is 0 Å². The molecule has 6 heteroatoms. The van der Waals surface area contributed by atoms with E-state index in [-0.39, 0.29) is 5.75 Å². The third-order valence-electron chi connectivity index (χ3n) is 2.96. The highest BCUT2D eigenvalue weighted by Crippen LogP contribution is 2.13. The first kappa shape index (κ1) is 14.4. The summed E-state index contributed by atoms with van der Waals surface area (Å²) < 4.78 is 28.3. The smallest absolute Gasteiger partial charge is 0.387 e. The Morgan fingerprint density at radius 2 is 2.00 bits per heavy atom. The fourth-order valence-electron chi connectivity index (χ4n) is 1.95. The minimum Gasteiger partial charge on any atom is -0.435 e. The average molecular weight is 282 g/mol. The van der Waals surface area contributed by atoms with Crippen molar-refractivity contribution in [2.75, 3.05) is 6.54 Å². The predicted molar refractivity (Wildman–Crippen MR) is 73.1 cm³/mol. The van der Waals surface area contributed by atoms with Crippen LogP contribution in [-0.4, -0.2) is 25.2 Å². The van der Waals surface area contributed by atoms with Crippen LogP contribution in [-0.2, 0) is 0 Å². The molecule has 0 aromatic heterocycles. The minimum atomic E-state index is -2.80. The van der Waals surface area contributed by atoms with Gasteiger partial charge in [0.05, 0.1) is 19.2 Å². The van der Waals surface area contributed by atoms with Crippen LogP contribution in [0.4, 0.5) is 8.78 Å². The summed E-state index contributed by atoms with van der Waals surface area (Å²) in [4.78, 5) is 3.29. The molecule has 0 saturated carbocycles. The van der Waals surface area contributed by atoms with E-state index in [0.717, 1.165) is 30.8 Å². The summed E-state index contributed by atoms with van der Waals surface area (Å²) >= 11 is 0. The summed E-state index contributed by atoms with van der Waals surface area (Å²) in [6, 6.07) is 6.33. The summed E-state index contributed by atoms with van der Waals surface area (Å²) in [5.74, 6) is 1.17. The molecule has 0 radical (unpaired) electrons. The second-order valence-corrected chi connectivity index (χ2v) is 4.53. The van der Waals surface area contributed by atoms with Gasteiger partial charge in [-0.1, -0.05) is 5.10 Å². The average Bonchev–Trinajstić information content (AvgIpc) is 2.69. The maximum absolute atomic E-state index is 12.0. The summed E-state index contributed by atoms with van der Waals surface area (Å²) in [7, 11) is 0. The second-order valence-electron chi connectivity index (χ2n) is 4.53. The highest BCUT2D eigenvalue weighted by Gasteiger charge is 2.08. The first-order valence-electron chi connectivity index (χ1n) is 6.68. The lowest BCUT2D eigenvalue weighted by atomic mass is 10.2. The van der Waals surface area contributed by atoms with E-state index in [2.05, 4.69) is 20.3 Å². The van der Waals surface area contributed by atoms with Crippen molar-refractivity contribution in [3.8, 4) is 5.75 Å². The van der Waals surface area contributed by atoms with Gasteiger partial charge in [-0.3, -0.25) is 4.99 Å². The Morgan fingerprint density at radius 1 is 1.20 bits per heavy atom. The van der Waals surface area contributed by atoms with Crippen LogP contribution < -0.4 is 15.2 Å². The van der Waals surface area contributed by atoms with Crippen molar-refractivity contribution in [2.45, 2.75) is 32.3 Å². The molecule has 0 bridgehead atoms. The van der Waals surface area contributed by atoms with E-state index >= 15 is 0 Å². The first-order valence-corrected chi connectivity index (χ1v) is 6.68. The summed E-state index contributed by atoms with van der Waals surface area (Å²) in [5.41, 5.74) is 3.79. The monoisotopic (exact) mass is 282 g/mol. The Kier molecular flexibility index (Phi) is 5.46. The zero-order chi connectivity index (χ0) is 14.2. The maximum Gasteiger partial charge on any atom is 0.387 e. The molecule has 0 amide bonds. The topological polar surface area (TPSA) is 47.6 Å². The Balaban J connectivity index is 1.86. The van der Waals surface area contributed by atoms with Crippen molar-refractivity contribution < 1.29 is 18.5 Å². The standard InChI is InChI=1S/C14H17F2N3O/c15-14(16)20-12-7-5-11(6-8-12)10-18-19-13-4-2-1-3-9-17-13/h5-8,10,14H,1-4,9H2,(H,17,19)/p+1/b18-10+. The van der Waals surface area contributed by atoms with E-state index in [4.69, 9.17) is 0 Å². The largest absolute Gasteiger partial charge is 0.435 e. The molecule has 0 saturated heterocycles. The van der Waals surface area contributed by atoms with Crippen molar-refractivity contribution in [3.05, 3.63) is 29.8 Å². The molecule has 1 aromatic rings.